The summed E-state index contributed by atoms with van der Waals surface area (Å²) in [5.74, 6) is 1.04. The SMILES string of the molecule is C1CCCC1.C=CC(=O)CCC1CCCC1.[Fe]. The molecule has 0 N–H and O–H groups in total. The molecular weight excluding hydrogens is 252 g/mol. The van der Waals surface area contributed by atoms with Gasteiger partial charge < -0.3 is 0 Å². The van der Waals surface area contributed by atoms with Gasteiger partial charge in [0, 0.05) is 23.5 Å². The predicted octanol–water partition coefficient (Wildman–Crippen LogP) is 4.66. The van der Waals surface area contributed by atoms with Crippen LogP contribution >= 0.6 is 0 Å². The molecule has 0 bridgehead atoms. The van der Waals surface area contributed by atoms with Crippen molar-refractivity contribution in [2.45, 2.75) is 70.6 Å². The Morgan fingerprint density at radius 1 is 1.00 bits per heavy atom. The zero-order chi connectivity index (χ0) is 11.6. The van der Waals surface area contributed by atoms with E-state index in [2.05, 4.69) is 6.58 Å². The molecule has 0 aromatic rings. The van der Waals surface area contributed by atoms with Crippen LogP contribution in [-0.4, -0.2) is 5.78 Å². The molecule has 2 saturated carbocycles. The molecule has 100 valence electrons. The molecule has 0 aliphatic heterocycles. The number of allylic oxidation sites excluding steroid dienone is 1. The van der Waals surface area contributed by atoms with E-state index in [1.807, 2.05) is 0 Å². The molecule has 1 nitrogen and oxygen atoms in total. The fourth-order valence-corrected chi connectivity index (χ4v) is 2.63. The van der Waals surface area contributed by atoms with Gasteiger partial charge in [-0.1, -0.05) is 64.4 Å². The molecule has 0 radical (unpaired) electrons. The number of hydrogen-bond acceptors (Lipinski definition) is 1. The molecule has 2 aliphatic rings. The van der Waals surface area contributed by atoms with Crippen molar-refractivity contribution < 1.29 is 21.9 Å². The Morgan fingerprint density at radius 2 is 1.47 bits per heavy atom. The quantitative estimate of drug-likeness (QED) is 0.540. The summed E-state index contributed by atoms with van der Waals surface area (Å²) in [5, 5.41) is 0. The summed E-state index contributed by atoms with van der Waals surface area (Å²) < 4.78 is 0. The molecule has 0 heterocycles. The summed E-state index contributed by atoms with van der Waals surface area (Å²) in [6.07, 6.45) is 16.2. The van der Waals surface area contributed by atoms with Gasteiger partial charge in [0.1, 0.15) is 0 Å². The van der Waals surface area contributed by atoms with Crippen molar-refractivity contribution in [3.05, 3.63) is 12.7 Å². The van der Waals surface area contributed by atoms with Crippen LogP contribution in [0.3, 0.4) is 0 Å². The normalized spacial score (nSPS) is 19.1. The monoisotopic (exact) mass is 278 g/mol. The van der Waals surface area contributed by atoms with Gasteiger partial charge in [-0.25, -0.2) is 0 Å². The number of carbonyl (C=O) groups excluding carboxylic acids is 1. The van der Waals surface area contributed by atoms with Gasteiger partial charge in [-0.15, -0.1) is 0 Å². The van der Waals surface area contributed by atoms with E-state index in [1.165, 1.54) is 63.9 Å². The third kappa shape index (κ3) is 8.63. The summed E-state index contributed by atoms with van der Waals surface area (Å²) in [7, 11) is 0. The molecule has 2 heteroatoms. The van der Waals surface area contributed by atoms with Gasteiger partial charge in [-0.2, -0.15) is 0 Å². The second kappa shape index (κ2) is 11.0. The first-order valence-electron chi connectivity index (χ1n) is 6.98. The molecule has 0 amide bonds. The van der Waals surface area contributed by atoms with Gasteiger partial charge in [-0.3, -0.25) is 4.79 Å². The maximum absolute atomic E-state index is 10.9. The number of ketones is 1. The van der Waals surface area contributed by atoms with Crippen molar-refractivity contribution in [1.29, 1.82) is 0 Å². The Balaban J connectivity index is 0.000000360. The van der Waals surface area contributed by atoms with Gasteiger partial charge in [0.25, 0.3) is 0 Å². The fourth-order valence-electron chi connectivity index (χ4n) is 2.63. The number of carbonyl (C=O) groups is 1. The van der Waals surface area contributed by atoms with E-state index in [0.29, 0.717) is 6.42 Å². The van der Waals surface area contributed by atoms with Crippen LogP contribution in [0.25, 0.3) is 0 Å². The van der Waals surface area contributed by atoms with Gasteiger partial charge in [0.15, 0.2) is 5.78 Å². The first kappa shape index (κ1) is 16.9. The standard InChI is InChI=1S/C10H16O.C5H10.Fe/c1-2-10(11)8-7-9-5-3-4-6-9;1-2-4-5-3-1;/h2,9H,1,3-8H2;1-5H2;. The Bertz CT molecular complexity index is 195. The van der Waals surface area contributed by atoms with Crippen LogP contribution in [0.2, 0.25) is 0 Å². The van der Waals surface area contributed by atoms with Gasteiger partial charge >= 0.3 is 0 Å². The van der Waals surface area contributed by atoms with E-state index >= 15 is 0 Å². The van der Waals surface area contributed by atoms with Crippen molar-refractivity contribution >= 4 is 5.78 Å². The van der Waals surface area contributed by atoms with E-state index in [1.54, 1.807) is 0 Å². The molecular formula is C15H26FeO. The van der Waals surface area contributed by atoms with Gasteiger partial charge in [-0.05, 0) is 18.4 Å². The van der Waals surface area contributed by atoms with Crippen LogP contribution in [0, 0.1) is 5.92 Å². The van der Waals surface area contributed by atoms with Crippen LogP contribution in [0.1, 0.15) is 70.6 Å². The van der Waals surface area contributed by atoms with Crippen molar-refractivity contribution in [2.75, 3.05) is 0 Å². The third-order valence-corrected chi connectivity index (χ3v) is 3.75. The smallest absolute Gasteiger partial charge is 0.155 e. The largest absolute Gasteiger partial charge is 0.295 e. The molecule has 2 rings (SSSR count). The first-order valence-corrected chi connectivity index (χ1v) is 6.98. The molecule has 0 aromatic carbocycles. The third-order valence-electron chi connectivity index (χ3n) is 3.75. The average molecular weight is 278 g/mol. The van der Waals surface area contributed by atoms with Crippen LogP contribution in [0.5, 0.6) is 0 Å². The fraction of sp³-hybridized carbons (Fsp3) is 0.800. The molecule has 2 aliphatic carbocycles. The second-order valence-electron chi connectivity index (χ2n) is 5.13. The van der Waals surface area contributed by atoms with Crippen molar-refractivity contribution in [2.24, 2.45) is 5.92 Å². The Morgan fingerprint density at radius 3 is 1.88 bits per heavy atom. The van der Waals surface area contributed by atoms with Crippen molar-refractivity contribution in [3.63, 3.8) is 0 Å². The van der Waals surface area contributed by atoms with Gasteiger partial charge in [0.2, 0.25) is 0 Å². The van der Waals surface area contributed by atoms with Crippen LogP contribution in [0.4, 0.5) is 0 Å². The molecule has 17 heavy (non-hydrogen) atoms. The molecule has 2 fully saturated rings. The predicted molar refractivity (Wildman–Crippen MR) is 69.5 cm³/mol. The van der Waals surface area contributed by atoms with E-state index in [9.17, 15) is 4.79 Å². The Labute approximate surface area is 117 Å². The minimum atomic E-state index is 0. The summed E-state index contributed by atoms with van der Waals surface area (Å²) >= 11 is 0. The first-order chi connectivity index (χ1) is 7.83. The Hall–Kier alpha value is -0.0705. The molecule has 0 saturated heterocycles. The van der Waals surface area contributed by atoms with Crippen LogP contribution in [-0.2, 0) is 21.9 Å². The second-order valence-corrected chi connectivity index (χ2v) is 5.13. The maximum atomic E-state index is 10.9. The van der Waals surface area contributed by atoms with Gasteiger partial charge in [0.05, 0.1) is 0 Å². The minimum Gasteiger partial charge on any atom is -0.295 e. The molecule has 0 unspecified atom stereocenters. The number of rotatable bonds is 4. The minimum absolute atomic E-state index is 0. The molecule has 0 aromatic heterocycles. The zero-order valence-electron chi connectivity index (χ0n) is 10.9. The summed E-state index contributed by atoms with van der Waals surface area (Å²) in [5.41, 5.74) is 0. The summed E-state index contributed by atoms with van der Waals surface area (Å²) in [6, 6.07) is 0. The van der Waals surface area contributed by atoms with Crippen LogP contribution in [0.15, 0.2) is 12.7 Å². The maximum Gasteiger partial charge on any atom is 0.155 e. The van der Waals surface area contributed by atoms with Crippen molar-refractivity contribution in [3.8, 4) is 0 Å². The van der Waals surface area contributed by atoms with Crippen LogP contribution < -0.4 is 0 Å². The van der Waals surface area contributed by atoms with E-state index in [4.69, 9.17) is 0 Å². The van der Waals surface area contributed by atoms with Crippen molar-refractivity contribution in [1.82, 2.24) is 0 Å². The number of hydrogen-bond donors (Lipinski definition) is 0. The average Bonchev–Trinajstić information content (AvgIpc) is 3.00. The van der Waals surface area contributed by atoms with E-state index in [0.717, 1.165) is 12.3 Å². The zero-order valence-corrected chi connectivity index (χ0v) is 12.0. The van der Waals surface area contributed by atoms with E-state index < -0.39 is 0 Å². The summed E-state index contributed by atoms with van der Waals surface area (Å²) in [4.78, 5) is 10.9. The summed E-state index contributed by atoms with van der Waals surface area (Å²) in [6.45, 7) is 3.46. The van der Waals surface area contributed by atoms with E-state index in [-0.39, 0.29) is 22.9 Å². The Kier molecular flexibility index (Phi) is 11.0. The molecule has 0 spiro atoms. The topological polar surface area (TPSA) is 17.1 Å². The molecule has 0 atom stereocenters.